The minimum atomic E-state index is -0.661. The van der Waals surface area contributed by atoms with Gasteiger partial charge < -0.3 is 24.5 Å². The maximum absolute atomic E-state index is 13.1. The van der Waals surface area contributed by atoms with Gasteiger partial charge in [0.15, 0.2) is 5.82 Å². The Kier molecular flexibility index (Phi) is 5.25. The molecule has 0 bridgehead atoms. The molecule has 0 unspecified atom stereocenters. The van der Waals surface area contributed by atoms with Crippen molar-refractivity contribution in [3.8, 4) is 17.4 Å². The Bertz CT molecular complexity index is 1450. The molecule has 1 saturated carbocycles. The lowest BCUT2D eigenvalue weighted by molar-refractivity contribution is 0.0725. The number of imidazole rings is 1. The molecule has 9 heteroatoms. The molecule has 4 aromatic rings. The molecule has 35 heavy (non-hydrogen) atoms. The first-order chi connectivity index (χ1) is 17.0. The first-order valence-electron chi connectivity index (χ1n) is 12.1. The predicted molar refractivity (Wildman–Crippen MR) is 132 cm³/mol. The van der Waals surface area contributed by atoms with Crippen LogP contribution in [0.25, 0.3) is 33.6 Å². The van der Waals surface area contributed by atoms with Crippen LogP contribution >= 0.6 is 0 Å². The van der Waals surface area contributed by atoms with Gasteiger partial charge in [0.2, 0.25) is 5.88 Å². The summed E-state index contributed by atoms with van der Waals surface area (Å²) < 4.78 is 22.7. The Hall–Kier alpha value is -3.46. The Morgan fingerprint density at radius 1 is 1.23 bits per heavy atom. The van der Waals surface area contributed by atoms with Crippen LogP contribution in [0.15, 0.2) is 30.3 Å². The summed E-state index contributed by atoms with van der Waals surface area (Å²) >= 11 is 0. The SMILES string of the molecule is COc1ccc2cc(-c3nc4cc5c(cc4n3C)CCN(C[C@H](N)CF)C5=O)n(CC3CC3)c2n1. The number of aromatic nitrogens is 4. The Balaban J connectivity index is 1.45. The number of carbonyl (C=O) groups is 1. The summed E-state index contributed by atoms with van der Waals surface area (Å²) in [5.74, 6) is 1.97. The molecule has 4 heterocycles. The van der Waals surface area contributed by atoms with Crippen molar-refractivity contribution in [3.05, 3.63) is 41.5 Å². The summed E-state index contributed by atoms with van der Waals surface area (Å²) in [4.78, 5) is 24.5. The minimum Gasteiger partial charge on any atom is -0.481 e. The number of hydrogen-bond acceptors (Lipinski definition) is 5. The average Bonchev–Trinajstić information content (AvgIpc) is 3.55. The number of alkyl halides is 1. The first-order valence-corrected chi connectivity index (χ1v) is 12.1. The monoisotopic (exact) mass is 476 g/mol. The zero-order chi connectivity index (χ0) is 24.3. The second-order valence-electron chi connectivity index (χ2n) is 9.76. The zero-order valence-corrected chi connectivity index (χ0v) is 20.0. The number of rotatable bonds is 7. The van der Waals surface area contributed by atoms with Crippen molar-refractivity contribution in [2.75, 3.05) is 26.9 Å². The highest BCUT2D eigenvalue weighted by Crippen LogP contribution is 2.37. The number of carbonyl (C=O) groups excluding carboxylic acids is 1. The molecule has 1 fully saturated rings. The Morgan fingerprint density at radius 2 is 2.06 bits per heavy atom. The van der Waals surface area contributed by atoms with Crippen LogP contribution in [0.4, 0.5) is 4.39 Å². The lowest BCUT2D eigenvalue weighted by atomic mass is 9.97. The van der Waals surface area contributed by atoms with Gasteiger partial charge in [-0.2, -0.15) is 4.98 Å². The normalized spacial score (nSPS) is 16.8. The van der Waals surface area contributed by atoms with Crippen molar-refractivity contribution in [1.82, 2.24) is 24.0 Å². The fourth-order valence-electron chi connectivity index (χ4n) is 5.10. The largest absolute Gasteiger partial charge is 0.481 e. The van der Waals surface area contributed by atoms with Gasteiger partial charge >= 0.3 is 0 Å². The van der Waals surface area contributed by atoms with Gasteiger partial charge in [-0.25, -0.2) is 9.37 Å². The van der Waals surface area contributed by atoms with E-state index in [4.69, 9.17) is 20.4 Å². The van der Waals surface area contributed by atoms with Crippen LogP contribution in [0.5, 0.6) is 5.88 Å². The highest BCUT2D eigenvalue weighted by atomic mass is 19.1. The van der Waals surface area contributed by atoms with Gasteiger partial charge in [-0.3, -0.25) is 4.79 Å². The van der Waals surface area contributed by atoms with Gasteiger partial charge in [0.25, 0.3) is 5.91 Å². The number of fused-ring (bicyclic) bond motifs is 3. The van der Waals surface area contributed by atoms with Crippen LogP contribution in [-0.2, 0) is 20.0 Å². The van der Waals surface area contributed by atoms with E-state index in [9.17, 15) is 9.18 Å². The fourth-order valence-corrected chi connectivity index (χ4v) is 5.10. The highest BCUT2D eigenvalue weighted by molar-refractivity contribution is 6.00. The number of ether oxygens (including phenoxy) is 1. The van der Waals surface area contributed by atoms with Crippen molar-refractivity contribution in [1.29, 1.82) is 0 Å². The summed E-state index contributed by atoms with van der Waals surface area (Å²) in [5.41, 5.74) is 11.0. The summed E-state index contributed by atoms with van der Waals surface area (Å²) in [7, 11) is 3.64. The molecule has 1 aliphatic heterocycles. The summed E-state index contributed by atoms with van der Waals surface area (Å²) in [6, 6.07) is 9.33. The minimum absolute atomic E-state index is 0.108. The second kappa shape index (κ2) is 8.34. The standard InChI is InChI=1S/C26H29FN6O2/c1-31-21-9-16-7-8-32(14-18(28)12-27)26(34)19(16)11-20(21)29-25(31)22-10-17-5-6-23(35-2)30-24(17)33(22)13-15-3-4-15/h5-6,9-11,15,18H,3-4,7-8,12-14,28H2,1-2H3/t18-/m1/s1. The third kappa shape index (κ3) is 3.74. The number of hydrogen-bond donors (Lipinski definition) is 1. The molecule has 1 aromatic carbocycles. The van der Waals surface area contributed by atoms with E-state index in [1.54, 1.807) is 12.0 Å². The third-order valence-corrected chi connectivity index (χ3v) is 7.22. The molecule has 1 amide bonds. The van der Waals surface area contributed by atoms with Gasteiger partial charge in [-0.1, -0.05) is 0 Å². The molecule has 1 aliphatic carbocycles. The summed E-state index contributed by atoms with van der Waals surface area (Å²) in [6.45, 7) is 1.01. The summed E-state index contributed by atoms with van der Waals surface area (Å²) in [6.07, 6.45) is 3.16. The van der Waals surface area contributed by atoms with E-state index in [2.05, 4.69) is 21.3 Å². The summed E-state index contributed by atoms with van der Waals surface area (Å²) in [5, 5.41) is 1.04. The average molecular weight is 477 g/mol. The van der Waals surface area contributed by atoms with Gasteiger partial charge in [0, 0.05) is 43.7 Å². The topological polar surface area (TPSA) is 91.2 Å². The molecule has 182 valence electrons. The van der Waals surface area contributed by atoms with Gasteiger partial charge in [-0.05, 0) is 55.0 Å². The maximum Gasteiger partial charge on any atom is 0.254 e. The van der Waals surface area contributed by atoms with Crippen LogP contribution in [0.2, 0.25) is 0 Å². The van der Waals surface area contributed by atoms with Crippen LogP contribution in [0.1, 0.15) is 28.8 Å². The molecule has 6 rings (SSSR count). The molecule has 3 aromatic heterocycles. The van der Waals surface area contributed by atoms with Crippen LogP contribution in [0, 0.1) is 5.92 Å². The quantitative estimate of drug-likeness (QED) is 0.442. The number of methoxy groups -OCH3 is 1. The number of nitrogens with two attached hydrogens (primary N) is 1. The van der Waals surface area contributed by atoms with Crippen molar-refractivity contribution < 1.29 is 13.9 Å². The van der Waals surface area contributed by atoms with E-state index in [0.29, 0.717) is 30.3 Å². The zero-order valence-electron chi connectivity index (χ0n) is 20.0. The number of amides is 1. The van der Waals surface area contributed by atoms with Crippen molar-refractivity contribution in [3.63, 3.8) is 0 Å². The number of pyridine rings is 1. The van der Waals surface area contributed by atoms with Gasteiger partial charge in [0.1, 0.15) is 12.3 Å². The molecular weight excluding hydrogens is 447 g/mol. The van der Waals surface area contributed by atoms with Gasteiger partial charge in [-0.15, -0.1) is 0 Å². The Labute approximate surface area is 202 Å². The smallest absolute Gasteiger partial charge is 0.254 e. The Morgan fingerprint density at radius 3 is 2.80 bits per heavy atom. The van der Waals surface area contributed by atoms with Crippen molar-refractivity contribution in [2.24, 2.45) is 18.7 Å². The second-order valence-corrected chi connectivity index (χ2v) is 9.76. The number of halogens is 1. The van der Waals surface area contributed by atoms with Crippen LogP contribution < -0.4 is 10.5 Å². The number of aryl methyl sites for hydroxylation is 1. The predicted octanol–water partition coefficient (Wildman–Crippen LogP) is 3.30. The molecule has 0 saturated heterocycles. The molecular formula is C26H29FN6O2. The number of benzene rings is 1. The molecule has 0 radical (unpaired) electrons. The van der Waals surface area contributed by atoms with Gasteiger partial charge in [0.05, 0.1) is 29.9 Å². The first kappa shape index (κ1) is 22.0. The maximum atomic E-state index is 13.1. The van der Waals surface area contributed by atoms with E-state index in [-0.39, 0.29) is 12.5 Å². The number of nitrogens with zero attached hydrogens (tertiary/aromatic N) is 5. The lowest BCUT2D eigenvalue weighted by Crippen LogP contribution is -2.45. The molecule has 2 N–H and O–H groups in total. The van der Waals surface area contributed by atoms with E-state index in [1.807, 2.05) is 25.2 Å². The highest BCUT2D eigenvalue weighted by Gasteiger charge is 2.29. The van der Waals surface area contributed by atoms with Crippen LogP contribution in [0.3, 0.4) is 0 Å². The molecule has 2 aliphatic rings. The van der Waals surface area contributed by atoms with E-state index >= 15 is 0 Å². The van der Waals surface area contributed by atoms with Crippen LogP contribution in [-0.4, -0.2) is 62.8 Å². The van der Waals surface area contributed by atoms with Crippen molar-refractivity contribution in [2.45, 2.75) is 31.8 Å². The molecule has 8 nitrogen and oxygen atoms in total. The molecule has 1 atom stereocenters. The fraction of sp³-hybridized carbons (Fsp3) is 0.423. The molecule has 0 spiro atoms. The van der Waals surface area contributed by atoms with E-state index in [1.165, 1.54) is 12.8 Å². The van der Waals surface area contributed by atoms with E-state index in [0.717, 1.165) is 45.7 Å². The van der Waals surface area contributed by atoms with E-state index < -0.39 is 12.7 Å². The third-order valence-electron chi connectivity index (χ3n) is 7.22. The lowest BCUT2D eigenvalue weighted by Gasteiger charge is -2.30. The van der Waals surface area contributed by atoms with Crippen molar-refractivity contribution >= 4 is 28.0 Å².